The molecule has 1 fully saturated rings. The number of aromatic nitrogens is 1. The third-order valence-electron chi connectivity index (χ3n) is 7.36. The van der Waals surface area contributed by atoms with Crippen molar-refractivity contribution in [2.75, 3.05) is 24.6 Å². The van der Waals surface area contributed by atoms with Gasteiger partial charge < -0.3 is 25.4 Å². The second kappa shape index (κ2) is 11.6. The van der Waals surface area contributed by atoms with Crippen LogP contribution < -0.4 is 20.3 Å². The summed E-state index contributed by atoms with van der Waals surface area (Å²) in [6.45, 7) is 0.864. The molecule has 10 nitrogen and oxygen atoms in total. The summed E-state index contributed by atoms with van der Waals surface area (Å²) in [5.41, 5.74) is 2.20. The number of nitrogens with one attached hydrogen (secondary N) is 2. The van der Waals surface area contributed by atoms with Crippen LogP contribution in [0.2, 0.25) is 0 Å². The molecule has 4 heterocycles. The number of nitrogens with zero attached hydrogens (tertiary/aromatic N) is 3. The molecule has 0 aliphatic carbocycles. The zero-order chi connectivity index (χ0) is 28.3. The Hall–Kier alpha value is -4.35. The number of pyridine rings is 1. The molecule has 6 rings (SSSR count). The van der Waals surface area contributed by atoms with Gasteiger partial charge in [0.2, 0.25) is 11.8 Å². The van der Waals surface area contributed by atoms with Gasteiger partial charge in [0, 0.05) is 37.0 Å². The van der Waals surface area contributed by atoms with Gasteiger partial charge in [0.1, 0.15) is 21.8 Å². The number of aliphatic hydroxyl groups is 1. The monoisotopic (exact) mass is 571 g/mol. The first-order chi connectivity index (χ1) is 20.0. The van der Waals surface area contributed by atoms with Crippen molar-refractivity contribution in [1.29, 1.82) is 0 Å². The first kappa shape index (κ1) is 26.9. The van der Waals surface area contributed by atoms with Gasteiger partial charge in [0.15, 0.2) is 0 Å². The average molecular weight is 572 g/mol. The Balaban J connectivity index is 1.14. The number of carbonyl (C=O) groups is 3. The Bertz CT molecular complexity index is 1470. The molecule has 1 aromatic heterocycles. The molecule has 0 saturated carbocycles. The van der Waals surface area contributed by atoms with Crippen LogP contribution in [0.4, 0.5) is 16.2 Å². The number of rotatable bonds is 7. The maximum atomic E-state index is 13.4. The van der Waals surface area contributed by atoms with Gasteiger partial charge in [-0.1, -0.05) is 36.0 Å². The molecule has 3 aliphatic rings. The number of piperidine rings is 1. The lowest BCUT2D eigenvalue weighted by Gasteiger charge is -2.35. The molecule has 0 bridgehead atoms. The van der Waals surface area contributed by atoms with Gasteiger partial charge in [-0.25, -0.2) is 9.78 Å². The number of thioether (sulfide) groups is 1. The van der Waals surface area contributed by atoms with E-state index in [2.05, 4.69) is 15.6 Å². The van der Waals surface area contributed by atoms with Gasteiger partial charge in [-0.3, -0.25) is 14.5 Å². The number of para-hydroxylation sites is 1. The zero-order valence-corrected chi connectivity index (χ0v) is 22.9. The largest absolute Gasteiger partial charge is 0.457 e. The van der Waals surface area contributed by atoms with Crippen LogP contribution in [0.1, 0.15) is 24.4 Å². The van der Waals surface area contributed by atoms with E-state index in [1.165, 1.54) is 23.9 Å². The second-order valence-electron chi connectivity index (χ2n) is 9.95. The number of likely N-dealkylation sites (tertiary alicyclic amines) is 1. The van der Waals surface area contributed by atoms with E-state index in [0.29, 0.717) is 43.1 Å². The van der Waals surface area contributed by atoms with Crippen molar-refractivity contribution in [3.63, 3.8) is 0 Å². The molecule has 2 unspecified atom stereocenters. The lowest BCUT2D eigenvalue weighted by molar-refractivity contribution is -0.127. The second-order valence-corrected chi connectivity index (χ2v) is 11.1. The fraction of sp³-hybridized carbons (Fsp3) is 0.267. The molecule has 210 valence electrons. The molecule has 3 N–H and O–H groups in total. The van der Waals surface area contributed by atoms with Crippen LogP contribution in [0.25, 0.3) is 0 Å². The summed E-state index contributed by atoms with van der Waals surface area (Å²) in [6.07, 6.45) is 5.72. The molecular formula is C30H29N5O5S. The predicted molar refractivity (Wildman–Crippen MR) is 154 cm³/mol. The Kier molecular flexibility index (Phi) is 7.62. The number of hydrogen-bond donors (Lipinski definition) is 3. The highest BCUT2D eigenvalue weighted by Crippen LogP contribution is 2.50. The van der Waals surface area contributed by atoms with E-state index >= 15 is 0 Å². The Morgan fingerprint density at radius 2 is 1.80 bits per heavy atom. The van der Waals surface area contributed by atoms with E-state index in [9.17, 15) is 14.4 Å². The van der Waals surface area contributed by atoms with Crippen LogP contribution in [0.5, 0.6) is 11.5 Å². The summed E-state index contributed by atoms with van der Waals surface area (Å²) in [6, 6.07) is 17.7. The van der Waals surface area contributed by atoms with Crippen molar-refractivity contribution < 1.29 is 24.2 Å². The number of carbonyl (C=O) groups excluding carboxylic acids is 3. The molecular weight excluding hydrogens is 542 g/mol. The standard InChI is InChI=1S/C30H29N5O5S/c36-18-4-7-24(37)34-16-13-19(14-17-34)32-28(38)27-26-25-23(12-15-31-29(25)41-27)35(30(39)33-26)20-8-10-22(11-9-20)40-21-5-2-1-3-6-21/h1-12,15,19,26-27,36H,13-14,16-18H2,(H,32,38)(H,33,39)/b7-4+. The summed E-state index contributed by atoms with van der Waals surface area (Å²) in [5, 5.41) is 15.2. The summed E-state index contributed by atoms with van der Waals surface area (Å²) in [4.78, 5) is 46.9. The molecule has 4 amide bonds. The van der Waals surface area contributed by atoms with Gasteiger partial charge >= 0.3 is 6.03 Å². The number of aliphatic hydroxyl groups excluding tert-OH is 1. The lowest BCUT2D eigenvalue weighted by atomic mass is 9.99. The van der Waals surface area contributed by atoms with Crippen molar-refractivity contribution in [2.24, 2.45) is 0 Å². The lowest BCUT2D eigenvalue weighted by Crippen LogP contribution is -2.52. The van der Waals surface area contributed by atoms with Gasteiger partial charge in [-0.2, -0.15) is 0 Å². The molecule has 0 spiro atoms. The highest BCUT2D eigenvalue weighted by atomic mass is 32.2. The number of benzene rings is 2. The summed E-state index contributed by atoms with van der Waals surface area (Å²) in [7, 11) is 0. The average Bonchev–Trinajstić information content (AvgIpc) is 3.37. The predicted octanol–water partition coefficient (Wildman–Crippen LogP) is 3.91. The fourth-order valence-corrected chi connectivity index (χ4v) is 6.59. The van der Waals surface area contributed by atoms with Crippen LogP contribution >= 0.6 is 11.8 Å². The zero-order valence-electron chi connectivity index (χ0n) is 22.1. The van der Waals surface area contributed by atoms with Crippen LogP contribution in [0, 0.1) is 0 Å². The number of anilines is 2. The van der Waals surface area contributed by atoms with Gasteiger partial charge in [0.05, 0.1) is 24.0 Å². The van der Waals surface area contributed by atoms with Crippen molar-refractivity contribution >= 4 is 41.0 Å². The Labute approximate surface area is 241 Å². The number of amides is 4. The molecule has 1 saturated heterocycles. The Morgan fingerprint density at radius 1 is 1.07 bits per heavy atom. The topological polar surface area (TPSA) is 124 Å². The highest BCUT2D eigenvalue weighted by Gasteiger charge is 2.47. The molecule has 3 aliphatic heterocycles. The Morgan fingerprint density at radius 3 is 2.54 bits per heavy atom. The number of ether oxygens (including phenoxy) is 1. The summed E-state index contributed by atoms with van der Waals surface area (Å²) < 4.78 is 5.89. The maximum Gasteiger partial charge on any atom is 0.327 e. The van der Waals surface area contributed by atoms with Gasteiger partial charge in [-0.05, 0) is 55.3 Å². The maximum absolute atomic E-state index is 13.4. The number of urea groups is 1. The minimum Gasteiger partial charge on any atom is -0.457 e. The van der Waals surface area contributed by atoms with Crippen molar-refractivity contribution in [1.82, 2.24) is 20.5 Å². The van der Waals surface area contributed by atoms with Crippen molar-refractivity contribution in [3.05, 3.63) is 84.6 Å². The fourth-order valence-electron chi connectivity index (χ4n) is 5.36. The van der Waals surface area contributed by atoms with E-state index in [0.717, 1.165) is 16.3 Å². The molecule has 11 heteroatoms. The van der Waals surface area contributed by atoms with E-state index in [1.807, 2.05) is 54.6 Å². The van der Waals surface area contributed by atoms with Crippen LogP contribution in [0.15, 0.2) is 84.0 Å². The van der Waals surface area contributed by atoms with Gasteiger partial charge in [0.25, 0.3) is 0 Å². The summed E-state index contributed by atoms with van der Waals surface area (Å²) >= 11 is 1.36. The third kappa shape index (κ3) is 5.50. The van der Waals surface area contributed by atoms with Crippen LogP contribution in [-0.4, -0.2) is 63.8 Å². The summed E-state index contributed by atoms with van der Waals surface area (Å²) in [5.74, 6) is 1.07. The van der Waals surface area contributed by atoms with Crippen molar-refractivity contribution in [3.8, 4) is 11.5 Å². The van der Waals surface area contributed by atoms with E-state index in [4.69, 9.17) is 9.84 Å². The van der Waals surface area contributed by atoms with E-state index < -0.39 is 11.3 Å². The SMILES string of the molecule is O=C(NC1CCN(C(=O)/C=C/CO)CC1)C1Sc2nccc3c2C1NC(=O)N3c1ccc(Oc2ccccc2)cc1. The normalized spacial score (nSPS) is 20.1. The minimum absolute atomic E-state index is 0.0717. The third-order valence-corrected chi connectivity index (χ3v) is 8.65. The van der Waals surface area contributed by atoms with Crippen LogP contribution in [0.3, 0.4) is 0 Å². The van der Waals surface area contributed by atoms with E-state index in [-0.39, 0.29) is 30.5 Å². The highest BCUT2D eigenvalue weighted by molar-refractivity contribution is 8.01. The first-order valence-corrected chi connectivity index (χ1v) is 14.4. The quantitative estimate of drug-likeness (QED) is 0.368. The smallest absolute Gasteiger partial charge is 0.327 e. The van der Waals surface area contributed by atoms with Crippen molar-refractivity contribution in [2.45, 2.75) is 35.2 Å². The number of hydrogen-bond acceptors (Lipinski definition) is 7. The van der Waals surface area contributed by atoms with Gasteiger partial charge in [-0.15, -0.1) is 0 Å². The molecule has 2 aromatic carbocycles. The first-order valence-electron chi connectivity index (χ1n) is 13.5. The molecule has 41 heavy (non-hydrogen) atoms. The van der Waals surface area contributed by atoms with Crippen LogP contribution in [-0.2, 0) is 9.59 Å². The molecule has 2 atom stereocenters. The van der Waals surface area contributed by atoms with E-state index in [1.54, 1.807) is 22.1 Å². The molecule has 0 radical (unpaired) electrons. The minimum atomic E-state index is -0.557. The molecule has 3 aromatic rings.